The van der Waals surface area contributed by atoms with Crippen molar-refractivity contribution < 1.29 is 4.74 Å². The van der Waals surface area contributed by atoms with E-state index < -0.39 is 0 Å². The van der Waals surface area contributed by atoms with Gasteiger partial charge in [-0.15, -0.1) is 0 Å². The van der Waals surface area contributed by atoms with Crippen molar-refractivity contribution in [2.24, 2.45) is 10.9 Å². The smallest absolute Gasteiger partial charge is 0.191 e. The molecule has 1 aromatic carbocycles. The number of benzene rings is 1. The highest BCUT2D eigenvalue weighted by molar-refractivity contribution is 6.29. The van der Waals surface area contributed by atoms with Crippen molar-refractivity contribution >= 4 is 17.6 Å². The predicted molar refractivity (Wildman–Crippen MR) is 120 cm³/mol. The number of nitrogens with zero attached hydrogens (tertiary/aromatic N) is 2. The molecule has 0 spiro atoms. The average molecular weight is 415 g/mol. The van der Waals surface area contributed by atoms with Gasteiger partial charge in [-0.1, -0.05) is 47.5 Å². The van der Waals surface area contributed by atoms with Crippen LogP contribution >= 0.6 is 11.6 Å². The molecule has 2 atom stereocenters. The zero-order chi connectivity index (χ0) is 20.5. The third kappa shape index (κ3) is 6.72. The van der Waals surface area contributed by atoms with Gasteiger partial charge in [-0.2, -0.15) is 0 Å². The Morgan fingerprint density at radius 3 is 2.76 bits per heavy atom. The van der Waals surface area contributed by atoms with E-state index in [0.29, 0.717) is 11.1 Å². The van der Waals surface area contributed by atoms with Gasteiger partial charge in [0.15, 0.2) is 5.96 Å². The molecule has 0 amide bonds. The molecule has 1 fully saturated rings. The summed E-state index contributed by atoms with van der Waals surface area (Å²) in [7, 11) is 0. The number of nitrogens with one attached hydrogen (secondary N) is 2. The van der Waals surface area contributed by atoms with Gasteiger partial charge in [0, 0.05) is 38.4 Å². The van der Waals surface area contributed by atoms with Crippen molar-refractivity contribution in [3.05, 3.63) is 64.4 Å². The topological polar surface area (TPSA) is 58.5 Å². The molecule has 2 N–H and O–H groups in total. The normalized spacial score (nSPS) is 19.8. The zero-order valence-electron chi connectivity index (χ0n) is 17.3. The van der Waals surface area contributed by atoms with Gasteiger partial charge in [0.2, 0.25) is 0 Å². The summed E-state index contributed by atoms with van der Waals surface area (Å²) in [6, 6.07) is 12.5. The first-order valence-corrected chi connectivity index (χ1v) is 10.8. The van der Waals surface area contributed by atoms with Crippen LogP contribution in [0.15, 0.2) is 47.6 Å². The molecule has 2 heterocycles. The summed E-state index contributed by atoms with van der Waals surface area (Å²) in [4.78, 5) is 8.98. The van der Waals surface area contributed by atoms with E-state index in [-0.39, 0.29) is 6.10 Å². The second-order valence-electron chi connectivity index (χ2n) is 7.49. The number of pyridine rings is 1. The third-order valence-corrected chi connectivity index (χ3v) is 5.40. The summed E-state index contributed by atoms with van der Waals surface area (Å²) in [5.74, 6) is 1.24. The van der Waals surface area contributed by atoms with Crippen LogP contribution < -0.4 is 10.6 Å². The highest BCUT2D eigenvalue weighted by Gasteiger charge is 2.27. The van der Waals surface area contributed by atoms with Crippen LogP contribution in [-0.4, -0.2) is 37.2 Å². The monoisotopic (exact) mass is 414 g/mol. The molecule has 1 aliphatic heterocycles. The minimum absolute atomic E-state index is 0.121. The third-order valence-electron chi connectivity index (χ3n) is 5.17. The van der Waals surface area contributed by atoms with Gasteiger partial charge in [-0.05, 0) is 50.3 Å². The van der Waals surface area contributed by atoms with Crippen molar-refractivity contribution in [2.75, 3.05) is 26.2 Å². The fourth-order valence-electron chi connectivity index (χ4n) is 3.58. The van der Waals surface area contributed by atoms with Crippen molar-refractivity contribution in [3.63, 3.8) is 0 Å². The van der Waals surface area contributed by atoms with Crippen LogP contribution in [-0.2, 0) is 11.2 Å². The van der Waals surface area contributed by atoms with Gasteiger partial charge in [-0.25, -0.2) is 4.98 Å². The number of aryl methyl sites for hydroxylation is 1. The minimum atomic E-state index is 0.121. The SMILES string of the molecule is CCNC(=NCC1CCCOC1c1ccc(C)cc1)NCCc1ccc(Cl)nc1. The van der Waals surface area contributed by atoms with E-state index >= 15 is 0 Å². The molecule has 1 saturated heterocycles. The fraction of sp³-hybridized carbons (Fsp3) is 0.478. The van der Waals surface area contributed by atoms with E-state index in [1.807, 2.05) is 18.3 Å². The summed E-state index contributed by atoms with van der Waals surface area (Å²) in [6.07, 6.45) is 5.04. The largest absolute Gasteiger partial charge is 0.373 e. The Hall–Kier alpha value is -2.11. The van der Waals surface area contributed by atoms with E-state index in [4.69, 9.17) is 21.3 Å². The molecule has 156 valence electrons. The van der Waals surface area contributed by atoms with Gasteiger partial charge < -0.3 is 15.4 Å². The van der Waals surface area contributed by atoms with Gasteiger partial charge in [-0.3, -0.25) is 4.99 Å². The Balaban J connectivity index is 1.58. The highest BCUT2D eigenvalue weighted by atomic mass is 35.5. The fourth-order valence-corrected chi connectivity index (χ4v) is 3.70. The van der Waals surface area contributed by atoms with E-state index in [9.17, 15) is 0 Å². The van der Waals surface area contributed by atoms with Crippen LogP contribution in [0.25, 0.3) is 0 Å². The van der Waals surface area contributed by atoms with Crippen molar-refractivity contribution in [1.29, 1.82) is 0 Å². The van der Waals surface area contributed by atoms with Crippen molar-refractivity contribution in [1.82, 2.24) is 15.6 Å². The molecule has 5 nitrogen and oxygen atoms in total. The molecular weight excluding hydrogens is 384 g/mol. The number of aromatic nitrogens is 1. The Morgan fingerprint density at radius 1 is 1.21 bits per heavy atom. The molecule has 29 heavy (non-hydrogen) atoms. The minimum Gasteiger partial charge on any atom is -0.373 e. The molecule has 0 saturated carbocycles. The molecule has 1 aromatic heterocycles. The number of ether oxygens (including phenoxy) is 1. The van der Waals surface area contributed by atoms with Crippen molar-refractivity contribution in [2.45, 2.75) is 39.2 Å². The van der Waals surface area contributed by atoms with E-state index in [1.165, 1.54) is 11.1 Å². The maximum absolute atomic E-state index is 6.13. The number of guanidine groups is 1. The molecule has 6 heteroatoms. The maximum atomic E-state index is 6.13. The van der Waals surface area contributed by atoms with Crippen LogP contribution in [0, 0.1) is 12.8 Å². The number of hydrogen-bond acceptors (Lipinski definition) is 3. The molecule has 0 aliphatic carbocycles. The molecular formula is C23H31ClN4O. The van der Waals surface area contributed by atoms with Crippen LogP contribution in [0.5, 0.6) is 0 Å². The Kier molecular flexibility index (Phi) is 8.32. The average Bonchev–Trinajstić information content (AvgIpc) is 2.74. The maximum Gasteiger partial charge on any atom is 0.191 e. The number of aliphatic imine (C=N–C) groups is 1. The molecule has 0 radical (unpaired) electrons. The van der Waals surface area contributed by atoms with E-state index in [2.05, 4.69) is 53.7 Å². The first-order chi connectivity index (χ1) is 14.2. The predicted octanol–water partition coefficient (Wildman–Crippen LogP) is 4.31. The summed E-state index contributed by atoms with van der Waals surface area (Å²) in [5, 5.41) is 7.29. The molecule has 0 bridgehead atoms. The van der Waals surface area contributed by atoms with E-state index in [1.54, 1.807) is 0 Å². The zero-order valence-corrected chi connectivity index (χ0v) is 18.1. The molecule has 2 aromatic rings. The Morgan fingerprint density at radius 2 is 2.03 bits per heavy atom. The lowest BCUT2D eigenvalue weighted by molar-refractivity contribution is -0.0250. The summed E-state index contributed by atoms with van der Waals surface area (Å²) in [6.45, 7) is 7.39. The summed E-state index contributed by atoms with van der Waals surface area (Å²) in [5.41, 5.74) is 3.68. The standard InChI is InChI=1S/C23H31ClN4O/c1-3-25-23(26-13-12-18-8-11-21(24)27-15-18)28-16-20-5-4-14-29-22(20)19-9-6-17(2)7-10-19/h6-11,15,20,22H,3-5,12-14,16H2,1-2H3,(H2,25,26,28). The summed E-state index contributed by atoms with van der Waals surface area (Å²) < 4.78 is 6.13. The number of rotatable bonds is 7. The van der Waals surface area contributed by atoms with Crippen LogP contribution in [0.3, 0.4) is 0 Å². The second-order valence-corrected chi connectivity index (χ2v) is 7.88. The highest BCUT2D eigenvalue weighted by Crippen LogP contribution is 2.33. The van der Waals surface area contributed by atoms with Gasteiger partial charge in [0.25, 0.3) is 0 Å². The van der Waals surface area contributed by atoms with Crippen molar-refractivity contribution in [3.8, 4) is 0 Å². The van der Waals surface area contributed by atoms with Gasteiger partial charge >= 0.3 is 0 Å². The number of hydrogen-bond donors (Lipinski definition) is 2. The van der Waals surface area contributed by atoms with Crippen LogP contribution in [0.1, 0.15) is 42.6 Å². The molecule has 2 unspecified atom stereocenters. The Bertz CT molecular complexity index is 776. The number of halogens is 1. The lowest BCUT2D eigenvalue weighted by atomic mass is 9.89. The van der Waals surface area contributed by atoms with Gasteiger partial charge in [0.05, 0.1) is 6.10 Å². The quantitative estimate of drug-likeness (QED) is 0.402. The Labute approximate surface area is 178 Å². The van der Waals surface area contributed by atoms with Gasteiger partial charge in [0.1, 0.15) is 5.15 Å². The summed E-state index contributed by atoms with van der Waals surface area (Å²) >= 11 is 5.85. The first kappa shape index (κ1) is 21.6. The van der Waals surface area contributed by atoms with E-state index in [0.717, 1.165) is 57.0 Å². The second kappa shape index (κ2) is 11.2. The lowest BCUT2D eigenvalue weighted by Crippen LogP contribution is -2.39. The van der Waals surface area contributed by atoms with Crippen LogP contribution in [0.4, 0.5) is 0 Å². The first-order valence-electron chi connectivity index (χ1n) is 10.5. The lowest BCUT2D eigenvalue weighted by Gasteiger charge is -2.31. The molecule has 3 rings (SSSR count). The molecule has 1 aliphatic rings. The van der Waals surface area contributed by atoms with Crippen LogP contribution in [0.2, 0.25) is 5.15 Å².